The minimum absolute atomic E-state index is 0.647. The number of hydrogen-bond acceptors (Lipinski definition) is 2. The fraction of sp³-hybridized carbons (Fsp3) is 1.00. The second-order valence-electron chi connectivity index (χ2n) is 3.68. The van der Waals surface area contributed by atoms with Gasteiger partial charge in [-0.1, -0.05) is 20.8 Å². The molecule has 0 rings (SSSR count). The van der Waals surface area contributed by atoms with Gasteiger partial charge in [0.1, 0.15) is 0 Å². The van der Waals surface area contributed by atoms with Gasteiger partial charge in [0.05, 0.1) is 0 Å². The first-order valence-corrected chi connectivity index (χ1v) is 5.95. The molecule has 0 aliphatic heterocycles. The molecule has 0 saturated heterocycles. The Balaban J connectivity index is 3.63. The molecule has 80 valence electrons. The molecule has 0 aromatic rings. The Labute approximate surface area is 83.9 Å². The fourth-order valence-electron chi connectivity index (χ4n) is 1.19. The van der Waals surface area contributed by atoms with Crippen molar-refractivity contribution in [3.8, 4) is 0 Å². The minimum Gasteiger partial charge on any atom is -0.760 e. The first-order chi connectivity index (χ1) is 6.07. The quantitative estimate of drug-likeness (QED) is 0.597. The lowest BCUT2D eigenvalue weighted by molar-refractivity contribution is 0.369. The summed E-state index contributed by atoms with van der Waals surface area (Å²) in [7, 11) is 0. The Bertz CT molecular complexity index is 151. The molecule has 0 aromatic heterocycles. The van der Waals surface area contributed by atoms with Gasteiger partial charge in [0.25, 0.3) is 0 Å². The van der Waals surface area contributed by atoms with Gasteiger partial charge in [0, 0.05) is 24.4 Å². The summed E-state index contributed by atoms with van der Waals surface area (Å²) in [6.45, 7) is 7.61. The zero-order chi connectivity index (χ0) is 10.3. The zero-order valence-corrected chi connectivity index (χ0v) is 9.60. The van der Waals surface area contributed by atoms with Gasteiger partial charge in [0.2, 0.25) is 0 Å². The first-order valence-electron chi connectivity index (χ1n) is 4.92. The number of rotatable bonds is 7. The van der Waals surface area contributed by atoms with Gasteiger partial charge in [-0.25, -0.2) is 4.31 Å². The highest BCUT2D eigenvalue weighted by molar-refractivity contribution is 7.76. The highest BCUT2D eigenvalue weighted by Gasteiger charge is 2.03. The molecule has 0 fully saturated rings. The van der Waals surface area contributed by atoms with E-state index in [4.69, 9.17) is 0 Å². The second kappa shape index (κ2) is 7.47. The van der Waals surface area contributed by atoms with E-state index in [9.17, 15) is 8.76 Å². The predicted octanol–water partition coefficient (Wildman–Crippen LogP) is 1.93. The molecule has 3 nitrogen and oxygen atoms in total. The van der Waals surface area contributed by atoms with Crippen LogP contribution >= 0.6 is 0 Å². The summed E-state index contributed by atoms with van der Waals surface area (Å²) >= 11 is -2.03. The van der Waals surface area contributed by atoms with Gasteiger partial charge >= 0.3 is 0 Å². The van der Waals surface area contributed by atoms with E-state index in [-0.39, 0.29) is 0 Å². The van der Waals surface area contributed by atoms with Gasteiger partial charge in [-0.15, -0.1) is 0 Å². The lowest BCUT2D eigenvalue weighted by atomic mass is 10.1. The van der Waals surface area contributed by atoms with Crippen molar-refractivity contribution in [3.63, 3.8) is 0 Å². The van der Waals surface area contributed by atoms with Crippen molar-refractivity contribution in [2.45, 2.75) is 40.0 Å². The van der Waals surface area contributed by atoms with Crippen LogP contribution in [0.5, 0.6) is 0 Å². The Morgan fingerprint density at radius 1 is 1.38 bits per heavy atom. The lowest BCUT2D eigenvalue weighted by Gasteiger charge is -2.23. The summed E-state index contributed by atoms with van der Waals surface area (Å²) in [6.07, 6.45) is 2.94. The van der Waals surface area contributed by atoms with E-state index in [0.29, 0.717) is 19.0 Å². The first kappa shape index (κ1) is 13.1. The van der Waals surface area contributed by atoms with Crippen LogP contribution in [0.3, 0.4) is 0 Å². The Kier molecular flexibility index (Phi) is 7.51. The second-order valence-corrected chi connectivity index (χ2v) is 4.63. The van der Waals surface area contributed by atoms with E-state index >= 15 is 0 Å². The molecule has 0 spiro atoms. The summed E-state index contributed by atoms with van der Waals surface area (Å²) in [5.41, 5.74) is 0. The van der Waals surface area contributed by atoms with Crippen molar-refractivity contribution < 1.29 is 8.76 Å². The van der Waals surface area contributed by atoms with E-state index in [1.807, 2.05) is 6.92 Å². The maximum absolute atomic E-state index is 10.7. The van der Waals surface area contributed by atoms with Crippen molar-refractivity contribution in [3.05, 3.63) is 0 Å². The largest absolute Gasteiger partial charge is 0.760 e. The monoisotopic (exact) mass is 206 g/mol. The number of nitrogens with zero attached hydrogens (tertiary/aromatic N) is 1. The normalized spacial score (nSPS) is 14.0. The molecule has 13 heavy (non-hydrogen) atoms. The van der Waals surface area contributed by atoms with Crippen molar-refractivity contribution in [1.29, 1.82) is 0 Å². The average Bonchev–Trinajstić information content (AvgIpc) is 2.02. The van der Waals surface area contributed by atoms with E-state index in [2.05, 4.69) is 13.8 Å². The van der Waals surface area contributed by atoms with E-state index in [1.54, 1.807) is 0 Å². The van der Waals surface area contributed by atoms with Crippen LogP contribution in [0.2, 0.25) is 0 Å². The van der Waals surface area contributed by atoms with Crippen LogP contribution in [0.1, 0.15) is 40.0 Å². The summed E-state index contributed by atoms with van der Waals surface area (Å²) in [4.78, 5) is 0. The van der Waals surface area contributed by atoms with Gasteiger partial charge in [-0.3, -0.25) is 4.21 Å². The van der Waals surface area contributed by atoms with Crippen LogP contribution in [0.4, 0.5) is 0 Å². The summed E-state index contributed by atoms with van der Waals surface area (Å²) in [6, 6.07) is 0. The molecule has 0 radical (unpaired) electrons. The standard InChI is InChI=1S/C9H21NO2S/c1-4-7-10(13(11)12)8-5-6-9(2)3/h9H,4-8H2,1-3H3,(H,11,12)/p-1. The molecule has 0 heterocycles. The third-order valence-electron chi connectivity index (χ3n) is 1.87. The van der Waals surface area contributed by atoms with Crippen LogP contribution in [0, 0.1) is 5.92 Å². The molecule has 0 saturated carbocycles. The van der Waals surface area contributed by atoms with Crippen molar-refractivity contribution in [1.82, 2.24) is 4.31 Å². The smallest absolute Gasteiger partial charge is 0.0209 e. The maximum atomic E-state index is 10.7. The molecule has 0 aliphatic rings. The Morgan fingerprint density at radius 3 is 2.38 bits per heavy atom. The molecule has 0 bridgehead atoms. The summed E-state index contributed by atoms with van der Waals surface area (Å²) in [5, 5.41) is 0. The van der Waals surface area contributed by atoms with Crippen molar-refractivity contribution >= 4 is 11.3 Å². The Hall–Kier alpha value is 0.0700. The fourth-order valence-corrected chi connectivity index (χ4v) is 1.80. The molecule has 0 amide bonds. The molecule has 0 N–H and O–H groups in total. The van der Waals surface area contributed by atoms with Gasteiger partial charge in [-0.2, -0.15) is 0 Å². The van der Waals surface area contributed by atoms with Gasteiger partial charge < -0.3 is 4.55 Å². The van der Waals surface area contributed by atoms with Crippen LogP contribution in [-0.2, 0) is 11.3 Å². The van der Waals surface area contributed by atoms with Gasteiger partial charge in [-0.05, 0) is 25.2 Å². The highest BCUT2D eigenvalue weighted by atomic mass is 32.2. The molecule has 4 heteroatoms. The van der Waals surface area contributed by atoms with E-state index in [0.717, 1.165) is 19.3 Å². The molecule has 1 atom stereocenters. The SMILES string of the molecule is CCCN(CCCC(C)C)S(=O)[O-]. The third-order valence-corrected chi connectivity index (χ3v) is 2.66. The van der Waals surface area contributed by atoms with Crippen molar-refractivity contribution in [2.24, 2.45) is 5.92 Å². The molecular formula is C9H20NO2S-. The lowest BCUT2D eigenvalue weighted by Crippen LogP contribution is -2.27. The van der Waals surface area contributed by atoms with Crippen LogP contribution in [0.25, 0.3) is 0 Å². The number of hydrogen-bond donors (Lipinski definition) is 0. The van der Waals surface area contributed by atoms with E-state index < -0.39 is 11.3 Å². The van der Waals surface area contributed by atoms with E-state index in [1.165, 1.54) is 4.31 Å². The molecule has 1 unspecified atom stereocenters. The Morgan fingerprint density at radius 2 is 2.00 bits per heavy atom. The third kappa shape index (κ3) is 7.16. The van der Waals surface area contributed by atoms with Crippen LogP contribution in [0.15, 0.2) is 0 Å². The van der Waals surface area contributed by atoms with Crippen LogP contribution < -0.4 is 0 Å². The maximum Gasteiger partial charge on any atom is 0.0209 e. The minimum atomic E-state index is -2.03. The zero-order valence-electron chi connectivity index (χ0n) is 8.78. The summed E-state index contributed by atoms with van der Waals surface area (Å²) in [5.74, 6) is 0.656. The molecule has 0 aromatic carbocycles. The summed E-state index contributed by atoms with van der Waals surface area (Å²) < 4.78 is 22.9. The van der Waals surface area contributed by atoms with Crippen molar-refractivity contribution in [2.75, 3.05) is 13.1 Å². The van der Waals surface area contributed by atoms with Crippen LogP contribution in [-0.4, -0.2) is 26.2 Å². The average molecular weight is 206 g/mol. The highest BCUT2D eigenvalue weighted by Crippen LogP contribution is 2.06. The molecule has 0 aliphatic carbocycles. The molecular weight excluding hydrogens is 186 g/mol. The predicted molar refractivity (Wildman–Crippen MR) is 54.9 cm³/mol. The van der Waals surface area contributed by atoms with Gasteiger partial charge in [0.15, 0.2) is 0 Å². The topological polar surface area (TPSA) is 43.4 Å².